The molecule has 0 heterocycles. The van der Waals surface area contributed by atoms with E-state index >= 15 is 0 Å². The highest BCUT2D eigenvalue weighted by molar-refractivity contribution is 5.97. The molecule has 0 bridgehead atoms. The lowest BCUT2D eigenvalue weighted by Gasteiger charge is -2.18. The highest BCUT2D eigenvalue weighted by Gasteiger charge is 2.18. The molecule has 0 saturated carbocycles. The molecule has 0 aliphatic rings. The van der Waals surface area contributed by atoms with Crippen molar-refractivity contribution < 1.29 is 14.3 Å². The fourth-order valence-corrected chi connectivity index (χ4v) is 2.14. The summed E-state index contributed by atoms with van der Waals surface area (Å²) < 4.78 is 4.60. The number of rotatable bonds is 6. The molecule has 1 rings (SSSR count). The van der Waals surface area contributed by atoms with Crippen LogP contribution in [-0.4, -0.2) is 31.2 Å². The minimum Gasteiger partial charge on any atom is -0.468 e. The van der Waals surface area contributed by atoms with E-state index in [1.165, 1.54) is 13.3 Å². The Morgan fingerprint density at radius 1 is 1.39 bits per heavy atom. The van der Waals surface area contributed by atoms with E-state index in [9.17, 15) is 9.59 Å². The largest absolute Gasteiger partial charge is 0.468 e. The number of hydrogen-bond acceptors (Lipinski definition) is 5. The van der Waals surface area contributed by atoms with Crippen LogP contribution >= 0.6 is 0 Å². The molecule has 0 aliphatic heterocycles. The highest BCUT2D eigenvalue weighted by atomic mass is 16.5. The number of nitrogens with two attached hydrogens (primary N) is 1. The highest BCUT2D eigenvalue weighted by Crippen LogP contribution is 2.21. The van der Waals surface area contributed by atoms with Crippen molar-refractivity contribution in [2.75, 3.05) is 12.4 Å². The number of hydrogen-bond donors (Lipinski definition) is 3. The zero-order valence-electron chi connectivity index (χ0n) is 14.1. The normalized spacial score (nSPS) is 12.4. The molecule has 1 atom stereocenters. The molecule has 0 aliphatic carbocycles. The summed E-state index contributed by atoms with van der Waals surface area (Å²) in [5.74, 6) is -0.580. The molecule has 23 heavy (non-hydrogen) atoms. The molecular weight excluding hydrogens is 294 g/mol. The summed E-state index contributed by atoms with van der Waals surface area (Å²) in [6, 6.07) is 4.49. The predicted octanol–water partition coefficient (Wildman–Crippen LogP) is 2.10. The monoisotopic (exact) mass is 319 g/mol. The molecule has 0 radical (unpaired) electrons. The molecule has 6 nitrogen and oxygen atoms in total. The fourth-order valence-electron chi connectivity index (χ4n) is 2.14. The summed E-state index contributed by atoms with van der Waals surface area (Å²) in [5, 5.41) is 10.3. The number of benzene rings is 1. The van der Waals surface area contributed by atoms with Gasteiger partial charge < -0.3 is 21.2 Å². The molecule has 1 amide bonds. The molecule has 1 unspecified atom stereocenters. The first-order chi connectivity index (χ1) is 10.7. The van der Waals surface area contributed by atoms with Gasteiger partial charge in [-0.1, -0.05) is 26.8 Å². The van der Waals surface area contributed by atoms with Gasteiger partial charge in [-0.05, 0) is 29.5 Å². The molecule has 6 heteroatoms. The molecule has 1 aromatic carbocycles. The number of carbonyl (C=O) groups is 2. The quantitative estimate of drug-likeness (QED) is 0.551. The Balaban J connectivity index is 2.86. The third-order valence-electron chi connectivity index (χ3n) is 3.20. The lowest BCUT2D eigenvalue weighted by Crippen LogP contribution is -2.33. The van der Waals surface area contributed by atoms with Gasteiger partial charge in [0.25, 0.3) is 0 Å². The smallest absolute Gasteiger partial charge is 0.322 e. The van der Waals surface area contributed by atoms with Crippen LogP contribution in [-0.2, 0) is 20.7 Å². The van der Waals surface area contributed by atoms with Gasteiger partial charge in [-0.25, -0.2) is 0 Å². The van der Waals surface area contributed by atoms with Crippen LogP contribution in [0.2, 0.25) is 0 Å². The maximum absolute atomic E-state index is 12.0. The number of anilines is 1. The van der Waals surface area contributed by atoms with E-state index in [0.717, 1.165) is 5.56 Å². The van der Waals surface area contributed by atoms with Crippen molar-refractivity contribution in [3.05, 3.63) is 29.3 Å². The Morgan fingerprint density at radius 3 is 2.57 bits per heavy atom. The lowest BCUT2D eigenvalue weighted by atomic mass is 9.92. The minimum atomic E-state index is -0.750. The van der Waals surface area contributed by atoms with Crippen LogP contribution in [0.5, 0.6) is 0 Å². The van der Waals surface area contributed by atoms with Gasteiger partial charge in [0.05, 0.1) is 7.11 Å². The number of esters is 1. The average molecular weight is 319 g/mol. The SMILES string of the molecule is COC(=O)C(N)Cc1ccc(NC(=O)CC(C)(C)C)c(C=N)c1. The molecule has 1 aromatic rings. The third-order valence-corrected chi connectivity index (χ3v) is 3.20. The van der Waals surface area contributed by atoms with Gasteiger partial charge in [-0.15, -0.1) is 0 Å². The zero-order valence-corrected chi connectivity index (χ0v) is 14.1. The number of ether oxygens (including phenoxy) is 1. The van der Waals surface area contributed by atoms with Crippen molar-refractivity contribution in [1.82, 2.24) is 0 Å². The van der Waals surface area contributed by atoms with Gasteiger partial charge >= 0.3 is 5.97 Å². The minimum absolute atomic E-state index is 0.0976. The lowest BCUT2D eigenvalue weighted by molar-refractivity contribution is -0.142. The van der Waals surface area contributed by atoms with Crippen molar-refractivity contribution in [3.8, 4) is 0 Å². The van der Waals surface area contributed by atoms with Gasteiger partial charge in [-0.2, -0.15) is 0 Å². The summed E-state index contributed by atoms with van der Waals surface area (Å²) in [6.07, 6.45) is 1.86. The van der Waals surface area contributed by atoms with Crippen LogP contribution in [0, 0.1) is 10.8 Å². The second-order valence-corrected chi connectivity index (χ2v) is 6.69. The summed E-state index contributed by atoms with van der Waals surface area (Å²) >= 11 is 0. The first kappa shape index (κ1) is 18.8. The Hall–Kier alpha value is -2.21. The summed E-state index contributed by atoms with van der Waals surface area (Å²) in [6.45, 7) is 5.96. The Bertz CT molecular complexity index is 591. The number of carbonyl (C=O) groups excluding carboxylic acids is 2. The third kappa shape index (κ3) is 6.20. The fraction of sp³-hybridized carbons (Fsp3) is 0.471. The first-order valence-corrected chi connectivity index (χ1v) is 7.43. The van der Waals surface area contributed by atoms with Gasteiger partial charge in [0, 0.05) is 23.9 Å². The first-order valence-electron chi connectivity index (χ1n) is 7.43. The maximum atomic E-state index is 12.0. The Labute approximate surface area is 136 Å². The van der Waals surface area contributed by atoms with E-state index in [1.807, 2.05) is 20.8 Å². The predicted molar refractivity (Wildman–Crippen MR) is 90.7 cm³/mol. The maximum Gasteiger partial charge on any atom is 0.322 e. The standard InChI is InChI=1S/C17H25N3O3/c1-17(2,3)9-15(21)20-14-6-5-11(7-12(14)10-18)8-13(19)16(22)23-4/h5-7,10,13,18H,8-9,19H2,1-4H3,(H,20,21). The summed E-state index contributed by atoms with van der Waals surface area (Å²) in [7, 11) is 1.29. The van der Waals surface area contributed by atoms with Crippen LogP contribution in [0.25, 0.3) is 0 Å². The van der Waals surface area contributed by atoms with E-state index in [1.54, 1.807) is 18.2 Å². The number of amides is 1. The van der Waals surface area contributed by atoms with Gasteiger partial charge in [0.1, 0.15) is 6.04 Å². The molecule has 0 spiro atoms. The van der Waals surface area contributed by atoms with E-state index < -0.39 is 12.0 Å². The van der Waals surface area contributed by atoms with Crippen molar-refractivity contribution >= 4 is 23.8 Å². The molecule has 0 aromatic heterocycles. The van der Waals surface area contributed by atoms with Crippen LogP contribution in [0.4, 0.5) is 5.69 Å². The molecule has 0 fully saturated rings. The van der Waals surface area contributed by atoms with Crippen molar-refractivity contribution in [3.63, 3.8) is 0 Å². The van der Waals surface area contributed by atoms with Gasteiger partial charge in [0.2, 0.25) is 5.91 Å². The summed E-state index contributed by atoms with van der Waals surface area (Å²) in [4.78, 5) is 23.4. The van der Waals surface area contributed by atoms with Gasteiger partial charge in [-0.3, -0.25) is 9.59 Å². The average Bonchev–Trinajstić information content (AvgIpc) is 2.45. The van der Waals surface area contributed by atoms with E-state index in [0.29, 0.717) is 24.1 Å². The van der Waals surface area contributed by atoms with Crippen LogP contribution in [0.1, 0.15) is 38.3 Å². The van der Waals surface area contributed by atoms with E-state index in [-0.39, 0.29) is 11.3 Å². The van der Waals surface area contributed by atoms with Crippen molar-refractivity contribution in [2.45, 2.75) is 39.7 Å². The number of nitrogens with one attached hydrogen (secondary N) is 2. The van der Waals surface area contributed by atoms with Crippen molar-refractivity contribution in [1.29, 1.82) is 5.41 Å². The molecule has 4 N–H and O–H groups in total. The van der Waals surface area contributed by atoms with Crippen LogP contribution in [0.3, 0.4) is 0 Å². The summed E-state index contributed by atoms with van der Waals surface area (Å²) in [5.41, 5.74) is 7.58. The second-order valence-electron chi connectivity index (χ2n) is 6.69. The molecule has 0 saturated heterocycles. The zero-order chi connectivity index (χ0) is 17.6. The van der Waals surface area contributed by atoms with E-state index in [4.69, 9.17) is 11.1 Å². The molecule has 126 valence electrons. The second kappa shape index (κ2) is 7.87. The Morgan fingerprint density at radius 2 is 2.04 bits per heavy atom. The van der Waals surface area contributed by atoms with Crippen molar-refractivity contribution in [2.24, 2.45) is 11.1 Å². The van der Waals surface area contributed by atoms with E-state index in [2.05, 4.69) is 10.1 Å². The number of methoxy groups -OCH3 is 1. The van der Waals surface area contributed by atoms with Crippen LogP contribution < -0.4 is 11.1 Å². The molecular formula is C17H25N3O3. The topological polar surface area (TPSA) is 105 Å². The van der Waals surface area contributed by atoms with Crippen LogP contribution in [0.15, 0.2) is 18.2 Å². The van der Waals surface area contributed by atoms with Gasteiger partial charge in [0.15, 0.2) is 0 Å². The Kier molecular flexibility index (Phi) is 6.45.